The van der Waals surface area contributed by atoms with Gasteiger partial charge in [-0.1, -0.05) is 41.3 Å². The third kappa shape index (κ3) is 10.1. The number of halogens is 2. The van der Waals surface area contributed by atoms with Crippen molar-refractivity contribution in [2.45, 2.75) is 78.7 Å². The lowest BCUT2D eigenvalue weighted by Crippen LogP contribution is -2.47. The summed E-state index contributed by atoms with van der Waals surface area (Å²) in [6, 6.07) is 9.63. The number of amides is 3. The molecular formula is C35H47Cl2N5O6. The zero-order valence-corrected chi connectivity index (χ0v) is 30.0. The summed E-state index contributed by atoms with van der Waals surface area (Å²) in [7, 11) is 2.02. The Morgan fingerprint density at radius 3 is 2.58 bits per heavy atom. The normalized spacial score (nSPS) is 20.1. The monoisotopic (exact) mass is 703 g/mol. The Labute approximate surface area is 292 Å². The Morgan fingerprint density at radius 1 is 1.12 bits per heavy atom. The van der Waals surface area contributed by atoms with Crippen LogP contribution in [0.4, 0.5) is 16.2 Å². The van der Waals surface area contributed by atoms with Crippen LogP contribution in [0, 0.1) is 19.8 Å². The molecule has 1 aromatic heterocycles. The largest absolute Gasteiger partial charge is 0.490 e. The zero-order chi connectivity index (χ0) is 35.0. The molecular weight excluding hydrogens is 657 g/mol. The molecule has 1 aliphatic heterocycles. The summed E-state index contributed by atoms with van der Waals surface area (Å²) in [5, 5.41) is 20.7. The molecule has 0 spiro atoms. The van der Waals surface area contributed by atoms with Crippen molar-refractivity contribution in [1.82, 2.24) is 15.0 Å². The van der Waals surface area contributed by atoms with E-state index in [2.05, 4.69) is 27.6 Å². The van der Waals surface area contributed by atoms with E-state index in [0.717, 1.165) is 24.8 Å². The van der Waals surface area contributed by atoms with Crippen molar-refractivity contribution in [2.24, 2.45) is 5.92 Å². The summed E-state index contributed by atoms with van der Waals surface area (Å²) < 4.78 is 17.9. The first kappa shape index (κ1) is 37.5. The van der Waals surface area contributed by atoms with Gasteiger partial charge in [0, 0.05) is 37.8 Å². The van der Waals surface area contributed by atoms with E-state index in [4.69, 9.17) is 37.2 Å². The number of nitrogens with one attached hydrogen (secondary N) is 2. The van der Waals surface area contributed by atoms with E-state index >= 15 is 0 Å². The lowest BCUT2D eigenvalue weighted by atomic mass is 10.0. The van der Waals surface area contributed by atoms with E-state index in [0.29, 0.717) is 64.9 Å². The molecule has 2 aromatic carbocycles. The Balaban J connectivity index is 1.59. The number of carbonyl (C=O) groups excluding carboxylic acids is 2. The van der Waals surface area contributed by atoms with Gasteiger partial charge in [0.1, 0.15) is 17.1 Å². The number of nitrogens with zero attached hydrogens (tertiary/aromatic N) is 3. The minimum Gasteiger partial charge on any atom is -0.490 e. The average Bonchev–Trinajstić information content (AvgIpc) is 3.36. The van der Waals surface area contributed by atoms with Crippen LogP contribution in [-0.2, 0) is 11.3 Å². The minimum atomic E-state index is -0.508. The highest BCUT2D eigenvalue weighted by molar-refractivity contribution is 6.42. The number of aromatic nitrogens is 1. The first-order valence-electron chi connectivity index (χ1n) is 16.3. The van der Waals surface area contributed by atoms with Gasteiger partial charge in [0.05, 0.1) is 40.5 Å². The van der Waals surface area contributed by atoms with E-state index in [1.807, 2.05) is 33.0 Å². The van der Waals surface area contributed by atoms with Gasteiger partial charge < -0.3 is 34.6 Å². The van der Waals surface area contributed by atoms with Crippen molar-refractivity contribution in [3.63, 3.8) is 0 Å². The van der Waals surface area contributed by atoms with Crippen molar-refractivity contribution in [1.29, 1.82) is 0 Å². The predicted octanol–water partition coefficient (Wildman–Crippen LogP) is 7.17. The van der Waals surface area contributed by atoms with Gasteiger partial charge in [-0.05, 0) is 89.9 Å². The van der Waals surface area contributed by atoms with E-state index in [1.54, 1.807) is 43.0 Å². The van der Waals surface area contributed by atoms with Crippen LogP contribution in [0.1, 0.15) is 67.4 Å². The summed E-state index contributed by atoms with van der Waals surface area (Å²) in [4.78, 5) is 31.1. The predicted molar refractivity (Wildman–Crippen MR) is 188 cm³/mol. The van der Waals surface area contributed by atoms with Crippen molar-refractivity contribution < 1.29 is 28.7 Å². The second-order valence-electron chi connectivity index (χ2n) is 12.7. The molecule has 0 radical (unpaired) electrons. The maximum Gasteiger partial charge on any atom is 0.323 e. The van der Waals surface area contributed by atoms with Gasteiger partial charge in [-0.15, -0.1) is 0 Å². The molecule has 0 bridgehead atoms. The molecule has 3 aromatic rings. The topological polar surface area (TPSA) is 129 Å². The molecule has 1 aliphatic rings. The van der Waals surface area contributed by atoms with Gasteiger partial charge in [-0.25, -0.2) is 4.79 Å². The van der Waals surface area contributed by atoms with Crippen LogP contribution in [0.5, 0.6) is 5.75 Å². The molecule has 262 valence electrons. The van der Waals surface area contributed by atoms with Crippen molar-refractivity contribution in [2.75, 3.05) is 44.0 Å². The standard InChI is InChI=1S/C35H47Cl2N5O6/c1-21-17-42(22(2)20-43)34(44)28-16-27(38-35(45)39-33-24(4)40-48-25(33)5)11-13-31(28)47-23(3)9-7-8-14-46-32(21)19-41(6)18-26-10-12-29(36)30(37)15-26/h10-13,15-16,21-23,32,43H,7-9,14,17-20H2,1-6H3,(H2,38,39,45)/t21-,22+,23-,32+/m0/s1. The van der Waals surface area contributed by atoms with Crippen LogP contribution >= 0.6 is 23.2 Å². The number of hydrogen-bond acceptors (Lipinski definition) is 8. The van der Waals surface area contributed by atoms with Gasteiger partial charge in [0.15, 0.2) is 5.76 Å². The average molecular weight is 705 g/mol. The third-order valence-electron chi connectivity index (χ3n) is 8.51. The Bertz CT molecular complexity index is 1530. The number of anilines is 2. The van der Waals surface area contributed by atoms with E-state index in [9.17, 15) is 14.7 Å². The Kier molecular flexibility index (Phi) is 13.5. The first-order chi connectivity index (χ1) is 22.9. The second kappa shape index (κ2) is 17.3. The quantitative estimate of drug-likeness (QED) is 0.225. The summed E-state index contributed by atoms with van der Waals surface area (Å²) >= 11 is 12.4. The molecule has 48 heavy (non-hydrogen) atoms. The fourth-order valence-corrected chi connectivity index (χ4v) is 6.04. The number of hydrogen-bond donors (Lipinski definition) is 3. The molecule has 4 atom stereocenters. The molecule has 11 nitrogen and oxygen atoms in total. The molecule has 0 aliphatic carbocycles. The van der Waals surface area contributed by atoms with E-state index in [1.165, 1.54) is 0 Å². The summed E-state index contributed by atoms with van der Waals surface area (Å²) in [5.74, 6) is 0.487. The fourth-order valence-electron chi connectivity index (χ4n) is 5.72. The maximum atomic E-state index is 14.4. The highest BCUT2D eigenvalue weighted by Crippen LogP contribution is 2.29. The number of ether oxygens (including phenoxy) is 2. The van der Waals surface area contributed by atoms with E-state index in [-0.39, 0.29) is 36.2 Å². The van der Waals surface area contributed by atoms with Crippen LogP contribution in [0.25, 0.3) is 0 Å². The summed E-state index contributed by atoms with van der Waals surface area (Å²) in [6.07, 6.45) is 2.15. The van der Waals surface area contributed by atoms with Gasteiger partial charge in [0.2, 0.25) is 0 Å². The van der Waals surface area contributed by atoms with Crippen molar-refractivity contribution in [3.8, 4) is 5.75 Å². The number of rotatable bonds is 8. The van der Waals surface area contributed by atoms with Crippen LogP contribution in [-0.4, -0.2) is 83.6 Å². The molecule has 4 rings (SSSR count). The summed E-state index contributed by atoms with van der Waals surface area (Å²) in [6.45, 7) is 11.2. The first-order valence-corrected chi connectivity index (χ1v) is 17.1. The van der Waals surface area contributed by atoms with E-state index < -0.39 is 12.1 Å². The number of carbonyl (C=O) groups is 2. The SMILES string of the molecule is Cc1noc(C)c1NC(=O)Nc1ccc2c(c1)C(=O)N([C@H](C)CO)C[C@H](C)[C@@H](CN(C)Cc1ccc(Cl)c(Cl)c1)OCCCC[C@H](C)O2. The van der Waals surface area contributed by atoms with Gasteiger partial charge >= 0.3 is 6.03 Å². The molecule has 3 amide bonds. The number of fused-ring (bicyclic) bond motifs is 1. The number of likely N-dealkylation sites (N-methyl/N-ethyl adjacent to an activating group) is 1. The fraction of sp³-hybridized carbons (Fsp3) is 0.514. The molecule has 0 unspecified atom stereocenters. The highest BCUT2D eigenvalue weighted by Gasteiger charge is 2.30. The van der Waals surface area contributed by atoms with Gasteiger partial charge in [-0.3, -0.25) is 9.69 Å². The molecule has 2 heterocycles. The second-order valence-corrected chi connectivity index (χ2v) is 13.5. The van der Waals surface area contributed by atoms with Crippen LogP contribution in [0.3, 0.4) is 0 Å². The smallest absolute Gasteiger partial charge is 0.323 e. The van der Waals surface area contributed by atoms with Gasteiger partial charge in [-0.2, -0.15) is 0 Å². The number of aliphatic hydroxyl groups excluding tert-OH is 1. The molecule has 0 saturated heterocycles. The van der Waals surface area contributed by atoms with Crippen LogP contribution in [0.2, 0.25) is 10.0 Å². The number of aliphatic hydroxyl groups is 1. The number of urea groups is 1. The lowest BCUT2D eigenvalue weighted by molar-refractivity contribution is -0.0177. The molecule has 0 fully saturated rings. The maximum absolute atomic E-state index is 14.4. The third-order valence-corrected chi connectivity index (χ3v) is 9.25. The molecule has 0 saturated carbocycles. The summed E-state index contributed by atoms with van der Waals surface area (Å²) in [5.41, 5.74) is 2.75. The highest BCUT2D eigenvalue weighted by atomic mass is 35.5. The molecule has 3 N–H and O–H groups in total. The van der Waals surface area contributed by atoms with Crippen molar-refractivity contribution in [3.05, 3.63) is 69.0 Å². The molecule has 13 heteroatoms. The Morgan fingerprint density at radius 2 is 1.90 bits per heavy atom. The van der Waals surface area contributed by atoms with Crippen LogP contribution < -0.4 is 15.4 Å². The number of aryl methyl sites for hydroxylation is 2. The van der Waals surface area contributed by atoms with Crippen molar-refractivity contribution >= 4 is 46.5 Å². The Hall–Kier alpha value is -3.35. The minimum absolute atomic E-state index is 0.0902. The number of benzene rings is 2. The zero-order valence-electron chi connectivity index (χ0n) is 28.5. The lowest BCUT2D eigenvalue weighted by Gasteiger charge is -2.36. The van der Waals surface area contributed by atoms with Crippen LogP contribution in [0.15, 0.2) is 40.9 Å². The van der Waals surface area contributed by atoms with Gasteiger partial charge in [0.25, 0.3) is 5.91 Å².